The lowest BCUT2D eigenvalue weighted by Gasteiger charge is -2.06. The first-order chi connectivity index (χ1) is 16.4. The van der Waals surface area contributed by atoms with Crippen LogP contribution in [0.2, 0.25) is 0 Å². The third kappa shape index (κ3) is 5.51. The summed E-state index contributed by atoms with van der Waals surface area (Å²) < 4.78 is 0. The number of aryl methyl sites for hydroxylation is 2. The van der Waals surface area contributed by atoms with E-state index >= 15 is 0 Å². The molecule has 2 N–H and O–H groups in total. The number of benzene rings is 3. The number of nitro groups is 1. The third-order valence-electron chi connectivity index (χ3n) is 4.95. The van der Waals surface area contributed by atoms with Crippen LogP contribution in [-0.4, -0.2) is 22.0 Å². The zero-order valence-corrected chi connectivity index (χ0v) is 19.3. The molecule has 0 spiro atoms. The number of hydrogen-bond donors (Lipinski definition) is 2. The molecule has 4 aromatic rings. The Morgan fingerprint density at radius 1 is 1.03 bits per heavy atom. The quantitative estimate of drug-likeness (QED) is 0.194. The fraction of sp³-hybridized carbons (Fsp3) is 0.0800. The van der Waals surface area contributed by atoms with Gasteiger partial charge >= 0.3 is 0 Å². The number of aromatic nitrogens is 1. The minimum atomic E-state index is -0.456. The van der Waals surface area contributed by atoms with Crippen molar-refractivity contribution in [2.75, 3.05) is 10.7 Å². The molecular weight excluding hydrogens is 450 g/mol. The largest absolute Gasteiger partial charge is 0.312 e. The molecule has 3 aromatic carbocycles. The predicted octanol–water partition coefficient (Wildman–Crippen LogP) is 6.03. The minimum Gasteiger partial charge on any atom is -0.312 e. The van der Waals surface area contributed by atoms with Crippen LogP contribution in [-0.2, 0) is 0 Å². The van der Waals surface area contributed by atoms with Crippen molar-refractivity contribution in [2.45, 2.75) is 13.8 Å². The highest BCUT2D eigenvalue weighted by atomic mass is 32.1. The van der Waals surface area contributed by atoms with E-state index in [1.54, 1.807) is 24.3 Å². The molecule has 0 fully saturated rings. The molecule has 0 atom stereocenters. The lowest BCUT2D eigenvalue weighted by atomic mass is 10.1. The monoisotopic (exact) mass is 471 g/mol. The Bertz CT molecular complexity index is 1360. The zero-order chi connectivity index (χ0) is 24.1. The molecule has 0 radical (unpaired) electrons. The summed E-state index contributed by atoms with van der Waals surface area (Å²) >= 11 is 1.25. The smallest absolute Gasteiger partial charge is 0.270 e. The Morgan fingerprint density at radius 3 is 2.38 bits per heavy atom. The number of nitro benzene ring substituents is 1. The van der Waals surface area contributed by atoms with E-state index in [1.165, 1.54) is 29.7 Å². The van der Waals surface area contributed by atoms with Gasteiger partial charge in [0.2, 0.25) is 5.13 Å². The SMILES string of the molecule is Cc1ccc(C(=O)Nc2sc(N/N=C/c3cccc([N+](=O)[O-])c3)nc2-c2ccc(C)cc2)cc1. The van der Waals surface area contributed by atoms with Gasteiger partial charge in [-0.2, -0.15) is 5.10 Å². The molecule has 0 aliphatic rings. The lowest BCUT2D eigenvalue weighted by molar-refractivity contribution is -0.384. The van der Waals surface area contributed by atoms with E-state index in [0.29, 0.717) is 27.0 Å². The zero-order valence-electron chi connectivity index (χ0n) is 18.5. The van der Waals surface area contributed by atoms with Crippen molar-refractivity contribution in [1.82, 2.24) is 4.98 Å². The number of anilines is 2. The van der Waals surface area contributed by atoms with Crippen LogP contribution in [0.15, 0.2) is 77.9 Å². The standard InChI is InChI=1S/C25H21N5O3S/c1-16-6-10-19(11-7-16)22-24(28-23(31)20-12-8-17(2)9-13-20)34-25(27-22)29-26-15-18-4-3-5-21(14-18)30(32)33/h3-15H,1-2H3,(H,27,29)(H,28,31)/b26-15+. The molecule has 0 aliphatic heterocycles. The van der Waals surface area contributed by atoms with E-state index in [9.17, 15) is 14.9 Å². The van der Waals surface area contributed by atoms with Crippen LogP contribution in [0.3, 0.4) is 0 Å². The first kappa shape index (κ1) is 22.8. The highest BCUT2D eigenvalue weighted by Crippen LogP contribution is 2.36. The van der Waals surface area contributed by atoms with Gasteiger partial charge in [-0.25, -0.2) is 4.98 Å². The van der Waals surface area contributed by atoms with Crippen molar-refractivity contribution in [3.63, 3.8) is 0 Å². The van der Waals surface area contributed by atoms with Crippen LogP contribution in [0.4, 0.5) is 15.8 Å². The Morgan fingerprint density at radius 2 is 1.71 bits per heavy atom. The van der Waals surface area contributed by atoms with Gasteiger partial charge in [-0.15, -0.1) is 0 Å². The van der Waals surface area contributed by atoms with Crippen molar-refractivity contribution >= 4 is 39.3 Å². The molecule has 1 heterocycles. The molecule has 1 aromatic heterocycles. The second-order valence-corrected chi connectivity index (χ2v) is 8.60. The van der Waals surface area contributed by atoms with Crippen LogP contribution in [0.1, 0.15) is 27.0 Å². The van der Waals surface area contributed by atoms with Crippen molar-refractivity contribution in [1.29, 1.82) is 0 Å². The number of rotatable bonds is 7. The van der Waals surface area contributed by atoms with Gasteiger partial charge in [-0.3, -0.25) is 20.3 Å². The molecular formula is C25H21N5O3S. The first-order valence-corrected chi connectivity index (χ1v) is 11.2. The molecule has 0 bridgehead atoms. The lowest BCUT2D eigenvalue weighted by Crippen LogP contribution is -2.11. The number of hydrogen-bond acceptors (Lipinski definition) is 7. The summed E-state index contributed by atoms with van der Waals surface area (Å²) in [6, 6.07) is 21.3. The number of carbonyl (C=O) groups excluding carboxylic acids is 1. The van der Waals surface area contributed by atoms with E-state index in [0.717, 1.165) is 16.7 Å². The van der Waals surface area contributed by atoms with E-state index in [4.69, 9.17) is 0 Å². The highest BCUT2D eigenvalue weighted by Gasteiger charge is 2.16. The summed E-state index contributed by atoms with van der Waals surface area (Å²) in [5, 5.41) is 19.1. The fourth-order valence-corrected chi connectivity index (χ4v) is 3.95. The van der Waals surface area contributed by atoms with E-state index in [-0.39, 0.29) is 11.6 Å². The topological polar surface area (TPSA) is 110 Å². The van der Waals surface area contributed by atoms with Gasteiger partial charge in [0, 0.05) is 28.8 Å². The number of nitrogens with zero attached hydrogens (tertiary/aromatic N) is 3. The molecule has 1 amide bonds. The average molecular weight is 472 g/mol. The van der Waals surface area contributed by atoms with Crippen LogP contribution in [0.25, 0.3) is 11.3 Å². The summed E-state index contributed by atoms with van der Waals surface area (Å²) in [5.41, 5.74) is 7.64. The molecule has 0 saturated carbocycles. The van der Waals surface area contributed by atoms with Gasteiger partial charge in [0.1, 0.15) is 10.7 Å². The number of non-ortho nitro benzene ring substituents is 1. The summed E-state index contributed by atoms with van der Waals surface area (Å²) in [7, 11) is 0. The Kier molecular flexibility index (Phi) is 6.74. The van der Waals surface area contributed by atoms with Crippen molar-refractivity contribution < 1.29 is 9.72 Å². The Hall–Kier alpha value is -4.37. The summed E-state index contributed by atoms with van der Waals surface area (Å²) in [6.45, 7) is 3.97. The molecule has 0 aliphatic carbocycles. The van der Waals surface area contributed by atoms with Crippen LogP contribution in [0.5, 0.6) is 0 Å². The van der Waals surface area contributed by atoms with Crippen molar-refractivity contribution in [3.8, 4) is 11.3 Å². The first-order valence-electron chi connectivity index (χ1n) is 10.4. The van der Waals surface area contributed by atoms with E-state index in [2.05, 4.69) is 20.8 Å². The number of hydrazone groups is 1. The Balaban J connectivity index is 1.59. The summed E-state index contributed by atoms with van der Waals surface area (Å²) in [4.78, 5) is 27.9. The maximum atomic E-state index is 12.8. The van der Waals surface area contributed by atoms with E-state index in [1.807, 2.05) is 50.2 Å². The number of amides is 1. The van der Waals surface area contributed by atoms with Crippen LogP contribution < -0.4 is 10.7 Å². The van der Waals surface area contributed by atoms with Gasteiger partial charge in [0.25, 0.3) is 11.6 Å². The number of thiazole rings is 1. The van der Waals surface area contributed by atoms with Crippen LogP contribution >= 0.6 is 11.3 Å². The number of carbonyl (C=O) groups is 1. The van der Waals surface area contributed by atoms with Gasteiger partial charge in [-0.05, 0) is 26.0 Å². The molecule has 34 heavy (non-hydrogen) atoms. The highest BCUT2D eigenvalue weighted by molar-refractivity contribution is 7.20. The second-order valence-electron chi connectivity index (χ2n) is 7.61. The van der Waals surface area contributed by atoms with Crippen molar-refractivity contribution in [2.24, 2.45) is 5.10 Å². The number of nitrogens with one attached hydrogen (secondary N) is 2. The average Bonchev–Trinajstić information content (AvgIpc) is 3.22. The van der Waals surface area contributed by atoms with Gasteiger partial charge in [0.15, 0.2) is 0 Å². The van der Waals surface area contributed by atoms with Crippen LogP contribution in [0, 0.1) is 24.0 Å². The fourth-order valence-electron chi connectivity index (χ4n) is 3.12. The molecule has 8 nitrogen and oxygen atoms in total. The maximum Gasteiger partial charge on any atom is 0.270 e. The summed E-state index contributed by atoms with van der Waals surface area (Å²) in [5.74, 6) is -0.233. The maximum absolute atomic E-state index is 12.8. The third-order valence-corrected chi connectivity index (χ3v) is 5.82. The molecule has 170 valence electrons. The summed E-state index contributed by atoms with van der Waals surface area (Å²) in [6.07, 6.45) is 1.48. The molecule has 4 rings (SSSR count). The second kappa shape index (κ2) is 10.1. The normalized spacial score (nSPS) is 10.9. The van der Waals surface area contributed by atoms with Gasteiger partial charge < -0.3 is 5.32 Å². The van der Waals surface area contributed by atoms with E-state index < -0.39 is 4.92 Å². The molecule has 0 unspecified atom stereocenters. The molecule has 0 saturated heterocycles. The van der Waals surface area contributed by atoms with Gasteiger partial charge in [0.05, 0.1) is 11.1 Å². The van der Waals surface area contributed by atoms with Gasteiger partial charge in [-0.1, -0.05) is 71.0 Å². The molecule has 9 heteroatoms. The van der Waals surface area contributed by atoms with Crippen molar-refractivity contribution in [3.05, 3.63) is 105 Å². The predicted molar refractivity (Wildman–Crippen MR) is 136 cm³/mol. The minimum absolute atomic E-state index is 0.0130. The Labute approximate surface area is 200 Å².